The molecule has 0 radical (unpaired) electrons. The largest absolute Gasteiger partial charge is 0.497 e. The van der Waals surface area contributed by atoms with Crippen LogP contribution in [0.3, 0.4) is 0 Å². The molecule has 0 spiro atoms. The molecule has 96 valence electrons. The van der Waals surface area contributed by atoms with Crippen LogP contribution in [0, 0.1) is 11.7 Å². The fraction of sp³-hybridized carbons (Fsp3) is 0.538. The highest BCUT2D eigenvalue weighted by atomic mass is 19.1. The van der Waals surface area contributed by atoms with Crippen LogP contribution in [0.4, 0.5) is 4.39 Å². The Morgan fingerprint density at radius 1 is 1.47 bits per heavy atom. The zero-order chi connectivity index (χ0) is 12.8. The summed E-state index contributed by atoms with van der Waals surface area (Å²) in [6.07, 6.45) is 0. The number of nitrogens with zero attached hydrogens (tertiary/aromatic N) is 1. The highest BCUT2D eigenvalue weighted by molar-refractivity contribution is 5.28. The fourth-order valence-electron chi connectivity index (χ4n) is 1.75. The molecule has 0 bridgehead atoms. The number of rotatable bonds is 6. The average Bonchev–Trinajstić information content (AvgIpc) is 2.31. The third kappa shape index (κ3) is 4.32. The van der Waals surface area contributed by atoms with Gasteiger partial charge in [0, 0.05) is 24.7 Å². The Morgan fingerprint density at radius 3 is 2.71 bits per heavy atom. The summed E-state index contributed by atoms with van der Waals surface area (Å²) in [5, 5.41) is 0. The Morgan fingerprint density at radius 2 is 2.18 bits per heavy atom. The third-order valence-electron chi connectivity index (χ3n) is 2.73. The minimum atomic E-state index is -0.225. The van der Waals surface area contributed by atoms with Gasteiger partial charge in [0.05, 0.1) is 7.11 Å². The van der Waals surface area contributed by atoms with Crippen LogP contribution in [0.25, 0.3) is 0 Å². The molecule has 0 aliphatic heterocycles. The van der Waals surface area contributed by atoms with Gasteiger partial charge in [-0.1, -0.05) is 13.0 Å². The lowest BCUT2D eigenvalue weighted by molar-refractivity contribution is 0.278. The van der Waals surface area contributed by atoms with Gasteiger partial charge in [-0.15, -0.1) is 0 Å². The van der Waals surface area contributed by atoms with Crippen molar-refractivity contribution in [3.05, 3.63) is 29.6 Å². The van der Waals surface area contributed by atoms with Crippen molar-refractivity contribution in [3.63, 3.8) is 0 Å². The molecule has 0 saturated carbocycles. The molecule has 0 amide bonds. The molecule has 0 fully saturated rings. The van der Waals surface area contributed by atoms with Gasteiger partial charge in [-0.2, -0.15) is 0 Å². The van der Waals surface area contributed by atoms with Gasteiger partial charge < -0.3 is 15.4 Å². The van der Waals surface area contributed by atoms with E-state index >= 15 is 0 Å². The van der Waals surface area contributed by atoms with E-state index in [1.807, 2.05) is 7.05 Å². The van der Waals surface area contributed by atoms with Crippen molar-refractivity contribution in [1.82, 2.24) is 4.90 Å². The molecule has 1 aromatic carbocycles. The van der Waals surface area contributed by atoms with Crippen LogP contribution in [-0.2, 0) is 6.54 Å². The molecule has 1 atom stereocenters. The van der Waals surface area contributed by atoms with Crippen molar-refractivity contribution in [3.8, 4) is 5.75 Å². The van der Waals surface area contributed by atoms with Crippen molar-refractivity contribution in [2.24, 2.45) is 11.7 Å². The van der Waals surface area contributed by atoms with Gasteiger partial charge in [-0.25, -0.2) is 4.39 Å². The van der Waals surface area contributed by atoms with Gasteiger partial charge in [0.15, 0.2) is 0 Å². The maximum atomic E-state index is 13.7. The Balaban J connectivity index is 2.62. The summed E-state index contributed by atoms with van der Waals surface area (Å²) in [4.78, 5) is 2.07. The zero-order valence-electron chi connectivity index (χ0n) is 10.7. The lowest BCUT2D eigenvalue weighted by atomic mass is 10.1. The second-order valence-electron chi connectivity index (χ2n) is 4.49. The maximum Gasteiger partial charge on any atom is 0.131 e. The number of hydrogen-bond donors (Lipinski definition) is 1. The highest BCUT2D eigenvalue weighted by Crippen LogP contribution is 2.17. The predicted octanol–water partition coefficient (Wildman–Crippen LogP) is 1.86. The Hall–Kier alpha value is -1.13. The molecule has 0 aliphatic carbocycles. The topological polar surface area (TPSA) is 38.5 Å². The van der Waals surface area contributed by atoms with Crippen molar-refractivity contribution in [1.29, 1.82) is 0 Å². The summed E-state index contributed by atoms with van der Waals surface area (Å²) in [6, 6.07) is 4.95. The lowest BCUT2D eigenvalue weighted by Crippen LogP contribution is -2.28. The van der Waals surface area contributed by atoms with Crippen molar-refractivity contribution < 1.29 is 9.13 Å². The van der Waals surface area contributed by atoms with Gasteiger partial charge in [-0.3, -0.25) is 0 Å². The van der Waals surface area contributed by atoms with Gasteiger partial charge in [0.25, 0.3) is 0 Å². The molecule has 17 heavy (non-hydrogen) atoms. The number of methoxy groups -OCH3 is 1. The summed E-state index contributed by atoms with van der Waals surface area (Å²) in [5.74, 6) is 0.738. The normalized spacial score (nSPS) is 12.8. The van der Waals surface area contributed by atoms with Crippen LogP contribution in [-0.4, -0.2) is 32.1 Å². The molecule has 1 rings (SSSR count). The molecule has 2 N–H and O–H groups in total. The van der Waals surface area contributed by atoms with Crippen LogP contribution in [0.1, 0.15) is 12.5 Å². The van der Waals surface area contributed by atoms with Gasteiger partial charge in [-0.05, 0) is 25.6 Å². The summed E-state index contributed by atoms with van der Waals surface area (Å²) in [7, 11) is 3.50. The second kappa shape index (κ2) is 6.57. The summed E-state index contributed by atoms with van der Waals surface area (Å²) < 4.78 is 18.7. The second-order valence-corrected chi connectivity index (χ2v) is 4.49. The maximum absolute atomic E-state index is 13.7. The van der Waals surface area contributed by atoms with Crippen LogP contribution >= 0.6 is 0 Å². The first-order chi connectivity index (χ1) is 8.06. The monoisotopic (exact) mass is 240 g/mol. The molecule has 0 heterocycles. The molecule has 0 saturated heterocycles. The molecule has 0 aliphatic rings. The van der Waals surface area contributed by atoms with Crippen LogP contribution in [0.15, 0.2) is 18.2 Å². The molecule has 1 aromatic rings. The summed E-state index contributed by atoms with van der Waals surface area (Å²) >= 11 is 0. The number of halogens is 1. The van der Waals surface area contributed by atoms with Crippen molar-refractivity contribution in [2.75, 3.05) is 27.2 Å². The minimum Gasteiger partial charge on any atom is -0.497 e. The average molecular weight is 240 g/mol. The Kier molecular flexibility index (Phi) is 5.38. The molecule has 3 nitrogen and oxygen atoms in total. The number of hydrogen-bond acceptors (Lipinski definition) is 3. The zero-order valence-corrected chi connectivity index (χ0v) is 10.7. The van der Waals surface area contributed by atoms with Gasteiger partial charge >= 0.3 is 0 Å². The van der Waals surface area contributed by atoms with Gasteiger partial charge in [0.1, 0.15) is 11.6 Å². The number of nitrogens with two attached hydrogens (primary N) is 1. The van der Waals surface area contributed by atoms with E-state index in [9.17, 15) is 4.39 Å². The van der Waals surface area contributed by atoms with E-state index in [1.54, 1.807) is 12.1 Å². The van der Waals surface area contributed by atoms with E-state index in [2.05, 4.69) is 11.8 Å². The van der Waals surface area contributed by atoms with Crippen LogP contribution < -0.4 is 10.5 Å². The van der Waals surface area contributed by atoms with Crippen LogP contribution in [0.2, 0.25) is 0 Å². The van der Waals surface area contributed by atoms with Crippen molar-refractivity contribution in [2.45, 2.75) is 13.5 Å². The summed E-state index contributed by atoms with van der Waals surface area (Å²) in [6.45, 7) is 4.18. The van der Waals surface area contributed by atoms with E-state index in [0.717, 1.165) is 6.54 Å². The molecule has 4 heteroatoms. The Bertz CT molecular complexity index is 357. The van der Waals surface area contributed by atoms with E-state index < -0.39 is 0 Å². The van der Waals surface area contributed by atoms with E-state index in [4.69, 9.17) is 10.5 Å². The van der Waals surface area contributed by atoms with Crippen LogP contribution in [0.5, 0.6) is 5.75 Å². The van der Waals surface area contributed by atoms with Crippen molar-refractivity contribution >= 4 is 0 Å². The Labute approximate surface area is 102 Å². The van der Waals surface area contributed by atoms with E-state index in [1.165, 1.54) is 13.2 Å². The molecular formula is C13H21FN2O. The standard InChI is InChI=1S/C13H21FN2O/c1-10(7-15)8-16(2)9-11-4-5-12(17-3)6-13(11)14/h4-6,10H,7-9,15H2,1-3H3. The first-order valence-electron chi connectivity index (χ1n) is 5.77. The number of benzene rings is 1. The van der Waals surface area contributed by atoms with E-state index in [0.29, 0.717) is 30.3 Å². The summed E-state index contributed by atoms with van der Waals surface area (Å²) in [5.41, 5.74) is 6.24. The fourth-order valence-corrected chi connectivity index (χ4v) is 1.75. The SMILES string of the molecule is COc1ccc(CN(C)CC(C)CN)c(F)c1. The molecule has 0 aromatic heterocycles. The quantitative estimate of drug-likeness (QED) is 0.825. The first kappa shape index (κ1) is 13.9. The van der Waals surface area contributed by atoms with E-state index in [-0.39, 0.29) is 5.82 Å². The highest BCUT2D eigenvalue weighted by Gasteiger charge is 2.09. The minimum absolute atomic E-state index is 0.225. The first-order valence-corrected chi connectivity index (χ1v) is 5.77. The smallest absolute Gasteiger partial charge is 0.131 e. The predicted molar refractivity (Wildman–Crippen MR) is 67.5 cm³/mol. The van der Waals surface area contributed by atoms with Gasteiger partial charge in [0.2, 0.25) is 0 Å². The molecule has 1 unspecified atom stereocenters. The number of ether oxygens (including phenoxy) is 1. The molecular weight excluding hydrogens is 219 g/mol. The third-order valence-corrected chi connectivity index (χ3v) is 2.73. The lowest BCUT2D eigenvalue weighted by Gasteiger charge is -2.20.